The number of hydrogen-bond acceptors (Lipinski definition) is 1. The summed E-state index contributed by atoms with van der Waals surface area (Å²) in [7, 11) is 0. The highest BCUT2D eigenvalue weighted by Crippen LogP contribution is 2.12. The van der Waals surface area contributed by atoms with Crippen LogP contribution in [0.1, 0.15) is 71.1 Å². The zero-order valence-electron chi connectivity index (χ0n) is 16.4. The Morgan fingerprint density at radius 1 is 0.778 bits per heavy atom. The molecular weight excluding hydrogens is 351 g/mol. The second-order valence-electron chi connectivity index (χ2n) is 6.37. The summed E-state index contributed by atoms with van der Waals surface area (Å²) in [5.74, 6) is -0.553. The van der Waals surface area contributed by atoms with E-state index >= 15 is 0 Å². The number of carbonyl (C=O) groups is 1. The van der Waals surface area contributed by atoms with Crippen LogP contribution >= 0.6 is 0 Å². The Hall–Kier alpha value is -1.78. The van der Waals surface area contributed by atoms with Crippen molar-refractivity contribution in [2.24, 2.45) is 0 Å². The summed E-state index contributed by atoms with van der Waals surface area (Å²) in [6, 6.07) is 0. The molecule has 0 bridgehead atoms. The number of nitrogens with one attached hydrogen (secondary N) is 1. The minimum absolute atomic E-state index is 0.119. The van der Waals surface area contributed by atoms with Gasteiger partial charge >= 0.3 is 6.18 Å². The number of rotatable bonds is 15. The number of halogens is 3. The molecule has 0 rings (SSSR count). The number of hydrogen-bond donors (Lipinski definition) is 1. The molecule has 0 saturated heterocycles. The molecule has 0 unspecified atom stereocenters. The molecule has 0 aliphatic rings. The fourth-order valence-electron chi connectivity index (χ4n) is 2.23. The minimum Gasteiger partial charge on any atom is -0.347 e. The van der Waals surface area contributed by atoms with Crippen molar-refractivity contribution in [2.75, 3.05) is 6.54 Å². The molecule has 0 aromatic heterocycles. The zero-order valence-corrected chi connectivity index (χ0v) is 16.4. The topological polar surface area (TPSA) is 29.1 Å². The molecular formula is C22H34F3NO. The average molecular weight is 386 g/mol. The van der Waals surface area contributed by atoms with Crippen LogP contribution in [0, 0.1) is 0 Å². The van der Waals surface area contributed by atoms with Gasteiger partial charge in [0, 0.05) is 6.42 Å². The molecule has 27 heavy (non-hydrogen) atoms. The summed E-state index contributed by atoms with van der Waals surface area (Å²) < 4.78 is 35.8. The molecule has 5 heteroatoms. The van der Waals surface area contributed by atoms with Gasteiger partial charge in [-0.1, -0.05) is 68.4 Å². The Bertz CT molecular complexity index is 476. The monoisotopic (exact) mass is 385 g/mol. The van der Waals surface area contributed by atoms with Gasteiger partial charge < -0.3 is 5.32 Å². The predicted molar refractivity (Wildman–Crippen MR) is 107 cm³/mol. The lowest BCUT2D eigenvalue weighted by Crippen LogP contribution is -2.33. The van der Waals surface area contributed by atoms with Crippen molar-refractivity contribution in [2.45, 2.75) is 77.3 Å². The third kappa shape index (κ3) is 22.2. The summed E-state index contributed by atoms with van der Waals surface area (Å²) in [6.45, 7) is 0.957. The van der Waals surface area contributed by atoms with Crippen molar-refractivity contribution >= 4 is 5.91 Å². The molecule has 0 heterocycles. The quantitative estimate of drug-likeness (QED) is 0.243. The van der Waals surface area contributed by atoms with Crippen LogP contribution in [0.15, 0.2) is 48.6 Å². The smallest absolute Gasteiger partial charge is 0.347 e. The molecule has 0 fully saturated rings. The average Bonchev–Trinajstić information content (AvgIpc) is 2.62. The second-order valence-corrected chi connectivity index (χ2v) is 6.37. The number of unbranched alkanes of at least 4 members (excludes halogenated alkanes) is 4. The van der Waals surface area contributed by atoms with Gasteiger partial charge in [-0.15, -0.1) is 0 Å². The van der Waals surface area contributed by atoms with Crippen LogP contribution < -0.4 is 5.32 Å². The van der Waals surface area contributed by atoms with E-state index < -0.39 is 18.6 Å². The number of amides is 1. The zero-order chi connectivity index (χ0) is 20.2. The summed E-state index contributed by atoms with van der Waals surface area (Å²) in [4.78, 5) is 11.2. The first-order valence-corrected chi connectivity index (χ1v) is 9.89. The molecule has 0 atom stereocenters. The lowest BCUT2D eigenvalue weighted by Gasteiger charge is -2.07. The maximum Gasteiger partial charge on any atom is 0.405 e. The molecule has 0 spiro atoms. The minimum atomic E-state index is -4.35. The number of alkyl halides is 3. The van der Waals surface area contributed by atoms with Gasteiger partial charge in [-0.05, 0) is 44.9 Å². The van der Waals surface area contributed by atoms with E-state index in [1.54, 1.807) is 0 Å². The van der Waals surface area contributed by atoms with Crippen molar-refractivity contribution in [1.82, 2.24) is 5.32 Å². The molecule has 0 aliphatic carbocycles. The van der Waals surface area contributed by atoms with E-state index in [-0.39, 0.29) is 6.42 Å². The van der Waals surface area contributed by atoms with Crippen molar-refractivity contribution in [3.05, 3.63) is 48.6 Å². The first-order chi connectivity index (χ1) is 13.0. The van der Waals surface area contributed by atoms with E-state index in [9.17, 15) is 18.0 Å². The number of allylic oxidation sites excluding steroid dienone is 8. The Balaban J connectivity index is 3.52. The normalized spacial score (nSPS) is 12.9. The molecule has 0 saturated carbocycles. The van der Waals surface area contributed by atoms with Crippen LogP contribution in [-0.2, 0) is 4.79 Å². The summed E-state index contributed by atoms with van der Waals surface area (Å²) in [5.41, 5.74) is 0. The SMILES string of the molecule is CCCCCC=CCC=CCC=CCC=CCCCC(=O)NCC(F)(F)F. The van der Waals surface area contributed by atoms with Gasteiger partial charge in [0.1, 0.15) is 6.54 Å². The maximum absolute atomic E-state index is 11.9. The molecule has 0 radical (unpaired) electrons. The molecule has 1 amide bonds. The second kappa shape index (κ2) is 17.6. The highest BCUT2D eigenvalue weighted by Gasteiger charge is 2.27. The van der Waals surface area contributed by atoms with Gasteiger partial charge in [-0.3, -0.25) is 4.79 Å². The first-order valence-electron chi connectivity index (χ1n) is 9.89. The van der Waals surface area contributed by atoms with E-state index in [0.29, 0.717) is 12.8 Å². The third-order valence-electron chi connectivity index (χ3n) is 3.72. The fraction of sp³-hybridized carbons (Fsp3) is 0.591. The van der Waals surface area contributed by atoms with E-state index in [0.717, 1.165) is 19.3 Å². The maximum atomic E-state index is 11.9. The molecule has 2 nitrogen and oxygen atoms in total. The van der Waals surface area contributed by atoms with Gasteiger partial charge in [0.15, 0.2) is 0 Å². The van der Waals surface area contributed by atoms with Crippen molar-refractivity contribution < 1.29 is 18.0 Å². The van der Waals surface area contributed by atoms with Crippen LogP contribution in [-0.4, -0.2) is 18.6 Å². The highest BCUT2D eigenvalue weighted by molar-refractivity contribution is 5.75. The molecule has 154 valence electrons. The van der Waals surface area contributed by atoms with Crippen LogP contribution in [0.5, 0.6) is 0 Å². The van der Waals surface area contributed by atoms with Crippen LogP contribution in [0.3, 0.4) is 0 Å². The standard InChI is InChI=1S/C22H34F3NO/c1-2-3-4-5-6-7-8-9-10-11-12-13-14-15-16-17-18-19-21(27)26-20-22(23,24)25/h6-7,9-10,12-13,15-16H,2-5,8,11,14,17-20H2,1H3,(H,26,27). The molecule has 0 aromatic rings. The van der Waals surface area contributed by atoms with Crippen LogP contribution in [0.4, 0.5) is 13.2 Å². The summed E-state index contributed by atoms with van der Waals surface area (Å²) in [5, 5.41) is 1.87. The van der Waals surface area contributed by atoms with Crippen molar-refractivity contribution in [1.29, 1.82) is 0 Å². The molecule has 1 N–H and O–H groups in total. The van der Waals surface area contributed by atoms with Gasteiger partial charge in [0.25, 0.3) is 0 Å². The van der Waals surface area contributed by atoms with Gasteiger partial charge in [0.05, 0.1) is 0 Å². The Morgan fingerprint density at radius 3 is 1.74 bits per heavy atom. The van der Waals surface area contributed by atoms with E-state index in [4.69, 9.17) is 0 Å². The van der Waals surface area contributed by atoms with Gasteiger partial charge in [-0.25, -0.2) is 0 Å². The Kier molecular flexibility index (Phi) is 16.5. The first kappa shape index (κ1) is 25.2. The fourth-order valence-corrected chi connectivity index (χ4v) is 2.23. The van der Waals surface area contributed by atoms with Crippen molar-refractivity contribution in [3.8, 4) is 0 Å². The highest BCUT2D eigenvalue weighted by atomic mass is 19.4. The Labute approximate surface area is 162 Å². The van der Waals surface area contributed by atoms with Gasteiger partial charge in [0.2, 0.25) is 5.91 Å². The summed E-state index contributed by atoms with van der Waals surface area (Å²) >= 11 is 0. The largest absolute Gasteiger partial charge is 0.405 e. The number of carbonyl (C=O) groups excluding carboxylic acids is 1. The lowest BCUT2D eigenvalue weighted by molar-refractivity contribution is -0.138. The summed E-state index contributed by atoms with van der Waals surface area (Å²) in [6.07, 6.45) is 21.7. The Morgan fingerprint density at radius 2 is 1.26 bits per heavy atom. The van der Waals surface area contributed by atoms with Crippen LogP contribution in [0.25, 0.3) is 0 Å². The van der Waals surface area contributed by atoms with Gasteiger partial charge in [-0.2, -0.15) is 13.2 Å². The van der Waals surface area contributed by atoms with E-state index in [1.165, 1.54) is 25.7 Å². The van der Waals surface area contributed by atoms with E-state index in [1.807, 2.05) is 17.5 Å². The third-order valence-corrected chi connectivity index (χ3v) is 3.72. The van der Waals surface area contributed by atoms with Crippen molar-refractivity contribution in [3.63, 3.8) is 0 Å². The predicted octanol–water partition coefficient (Wildman–Crippen LogP) is 6.81. The molecule has 0 aliphatic heterocycles. The molecule has 0 aromatic carbocycles. The van der Waals surface area contributed by atoms with Crippen LogP contribution in [0.2, 0.25) is 0 Å². The van der Waals surface area contributed by atoms with E-state index in [2.05, 4.69) is 43.4 Å². The lowest BCUT2D eigenvalue weighted by atomic mass is 10.2.